The fraction of sp³-hybridized carbons (Fsp3) is 0.700. The summed E-state index contributed by atoms with van der Waals surface area (Å²) in [6.07, 6.45) is 4.94. The predicted molar refractivity (Wildman–Crippen MR) is 49.8 cm³/mol. The van der Waals surface area contributed by atoms with E-state index in [1.165, 1.54) is 12.5 Å². The molecule has 1 aliphatic heterocycles. The molecule has 0 aromatic carbocycles. The highest BCUT2D eigenvalue weighted by molar-refractivity contribution is 5.86. The first-order chi connectivity index (χ1) is 5.74. The van der Waals surface area contributed by atoms with E-state index >= 15 is 0 Å². The zero-order valence-corrected chi connectivity index (χ0v) is 7.75. The number of nitrogens with zero attached hydrogens (tertiary/aromatic N) is 1. The lowest BCUT2D eigenvalue weighted by Gasteiger charge is -2.17. The van der Waals surface area contributed by atoms with Crippen LogP contribution in [0.25, 0.3) is 0 Å². The van der Waals surface area contributed by atoms with Crippen LogP contribution in [0.1, 0.15) is 26.2 Å². The summed E-state index contributed by atoms with van der Waals surface area (Å²) in [5.41, 5.74) is 0. The molecule has 0 spiro atoms. The molecule has 0 aromatic rings. The lowest BCUT2D eigenvalue weighted by atomic mass is 10.0. The Hall–Kier alpha value is -0.790. The molecule has 1 aliphatic rings. The van der Waals surface area contributed by atoms with Crippen LogP contribution in [0.15, 0.2) is 12.7 Å². The van der Waals surface area contributed by atoms with Gasteiger partial charge in [-0.3, -0.25) is 4.79 Å². The number of hydrogen-bond donors (Lipinski definition) is 0. The zero-order chi connectivity index (χ0) is 8.97. The molecule has 0 aliphatic carbocycles. The molecule has 1 amide bonds. The Labute approximate surface area is 74.2 Å². The van der Waals surface area contributed by atoms with Crippen LogP contribution in [0.5, 0.6) is 0 Å². The Morgan fingerprint density at radius 3 is 2.92 bits per heavy atom. The van der Waals surface area contributed by atoms with E-state index < -0.39 is 0 Å². The molecule has 1 atom stereocenters. The van der Waals surface area contributed by atoms with Gasteiger partial charge in [0.25, 0.3) is 0 Å². The third kappa shape index (κ3) is 2.36. The first kappa shape index (κ1) is 9.30. The monoisotopic (exact) mass is 167 g/mol. The molecule has 0 N–H and O–H groups in total. The van der Waals surface area contributed by atoms with E-state index in [0.717, 1.165) is 31.8 Å². The topological polar surface area (TPSA) is 20.3 Å². The summed E-state index contributed by atoms with van der Waals surface area (Å²) in [6, 6.07) is 0. The Morgan fingerprint density at radius 2 is 2.25 bits per heavy atom. The molecule has 12 heavy (non-hydrogen) atoms. The van der Waals surface area contributed by atoms with Crippen molar-refractivity contribution >= 4 is 5.91 Å². The molecule has 0 radical (unpaired) electrons. The lowest BCUT2D eigenvalue weighted by molar-refractivity contribution is -0.125. The summed E-state index contributed by atoms with van der Waals surface area (Å²) in [4.78, 5) is 13.1. The summed E-state index contributed by atoms with van der Waals surface area (Å²) in [6.45, 7) is 7.57. The third-order valence-electron chi connectivity index (χ3n) is 2.50. The number of carbonyl (C=O) groups excluding carboxylic acids is 1. The van der Waals surface area contributed by atoms with Gasteiger partial charge in [-0.1, -0.05) is 13.5 Å². The fourth-order valence-corrected chi connectivity index (χ4v) is 1.61. The van der Waals surface area contributed by atoms with Crippen molar-refractivity contribution in [2.24, 2.45) is 5.92 Å². The maximum absolute atomic E-state index is 11.2. The summed E-state index contributed by atoms with van der Waals surface area (Å²) in [7, 11) is 0. The molecular formula is C10H17NO. The second-order valence-electron chi connectivity index (χ2n) is 3.57. The van der Waals surface area contributed by atoms with Gasteiger partial charge < -0.3 is 4.90 Å². The van der Waals surface area contributed by atoms with Crippen molar-refractivity contribution in [2.45, 2.75) is 26.2 Å². The SMILES string of the molecule is C=CC(=O)N1CCCC(C)CC1. The minimum Gasteiger partial charge on any atom is -0.339 e. The van der Waals surface area contributed by atoms with Crippen LogP contribution in [-0.4, -0.2) is 23.9 Å². The molecule has 1 saturated heterocycles. The van der Waals surface area contributed by atoms with Crippen LogP contribution in [-0.2, 0) is 4.79 Å². The Morgan fingerprint density at radius 1 is 1.50 bits per heavy atom. The maximum Gasteiger partial charge on any atom is 0.245 e. The van der Waals surface area contributed by atoms with Gasteiger partial charge in [-0.25, -0.2) is 0 Å². The number of amides is 1. The second-order valence-corrected chi connectivity index (χ2v) is 3.57. The van der Waals surface area contributed by atoms with Crippen LogP contribution in [0.4, 0.5) is 0 Å². The highest BCUT2D eigenvalue weighted by Crippen LogP contribution is 2.16. The first-order valence-corrected chi connectivity index (χ1v) is 4.65. The number of carbonyl (C=O) groups is 1. The second kappa shape index (κ2) is 4.29. The fourth-order valence-electron chi connectivity index (χ4n) is 1.61. The number of hydrogen-bond acceptors (Lipinski definition) is 1. The first-order valence-electron chi connectivity index (χ1n) is 4.65. The van der Waals surface area contributed by atoms with Gasteiger partial charge in [-0.05, 0) is 31.3 Å². The van der Waals surface area contributed by atoms with Crippen LogP contribution in [0.2, 0.25) is 0 Å². The van der Waals surface area contributed by atoms with Crippen LogP contribution in [0, 0.1) is 5.92 Å². The lowest BCUT2D eigenvalue weighted by Crippen LogP contribution is -2.30. The van der Waals surface area contributed by atoms with Crippen molar-refractivity contribution in [2.75, 3.05) is 13.1 Å². The minimum atomic E-state index is 0.0871. The van der Waals surface area contributed by atoms with Crippen molar-refractivity contribution in [3.8, 4) is 0 Å². The Bertz CT molecular complexity index is 177. The van der Waals surface area contributed by atoms with E-state index in [1.54, 1.807) is 0 Å². The third-order valence-corrected chi connectivity index (χ3v) is 2.50. The van der Waals surface area contributed by atoms with Gasteiger partial charge in [0.2, 0.25) is 5.91 Å². The standard InChI is InChI=1S/C10H17NO/c1-3-10(12)11-7-4-5-9(2)6-8-11/h3,9H,1,4-8H2,2H3. The van der Waals surface area contributed by atoms with Gasteiger partial charge in [0.1, 0.15) is 0 Å². The van der Waals surface area contributed by atoms with Gasteiger partial charge in [0.15, 0.2) is 0 Å². The van der Waals surface area contributed by atoms with E-state index in [1.807, 2.05) is 4.90 Å². The highest BCUT2D eigenvalue weighted by atomic mass is 16.2. The van der Waals surface area contributed by atoms with Crippen molar-refractivity contribution in [3.05, 3.63) is 12.7 Å². The summed E-state index contributed by atoms with van der Waals surface area (Å²) >= 11 is 0. The van der Waals surface area contributed by atoms with Crippen LogP contribution < -0.4 is 0 Å². The van der Waals surface area contributed by atoms with Gasteiger partial charge in [0, 0.05) is 13.1 Å². The molecule has 0 aromatic heterocycles. The average Bonchev–Trinajstić information content (AvgIpc) is 2.29. The van der Waals surface area contributed by atoms with E-state index in [-0.39, 0.29) is 5.91 Å². The van der Waals surface area contributed by atoms with Gasteiger partial charge in [0.05, 0.1) is 0 Å². The van der Waals surface area contributed by atoms with E-state index in [4.69, 9.17) is 0 Å². The summed E-state index contributed by atoms with van der Waals surface area (Å²) in [5.74, 6) is 0.858. The predicted octanol–water partition coefficient (Wildman–Crippen LogP) is 1.82. The van der Waals surface area contributed by atoms with Crippen LogP contribution >= 0.6 is 0 Å². The molecule has 0 bridgehead atoms. The quantitative estimate of drug-likeness (QED) is 0.545. The van der Waals surface area contributed by atoms with E-state index in [0.29, 0.717) is 0 Å². The van der Waals surface area contributed by atoms with Crippen molar-refractivity contribution in [1.29, 1.82) is 0 Å². The maximum atomic E-state index is 11.2. The summed E-state index contributed by atoms with van der Waals surface area (Å²) in [5, 5.41) is 0. The van der Waals surface area contributed by atoms with E-state index in [2.05, 4.69) is 13.5 Å². The van der Waals surface area contributed by atoms with Crippen molar-refractivity contribution < 1.29 is 4.79 Å². The normalized spacial score (nSPS) is 24.8. The van der Waals surface area contributed by atoms with Gasteiger partial charge in [-0.15, -0.1) is 0 Å². The molecule has 68 valence electrons. The summed E-state index contributed by atoms with van der Waals surface area (Å²) < 4.78 is 0. The van der Waals surface area contributed by atoms with E-state index in [9.17, 15) is 4.79 Å². The molecule has 1 fully saturated rings. The van der Waals surface area contributed by atoms with Crippen LogP contribution in [0.3, 0.4) is 0 Å². The molecule has 1 unspecified atom stereocenters. The average molecular weight is 167 g/mol. The van der Waals surface area contributed by atoms with Gasteiger partial charge >= 0.3 is 0 Å². The zero-order valence-electron chi connectivity index (χ0n) is 7.75. The van der Waals surface area contributed by atoms with Gasteiger partial charge in [-0.2, -0.15) is 0 Å². The molecule has 1 rings (SSSR count). The Balaban J connectivity index is 2.45. The molecule has 1 heterocycles. The molecule has 2 heteroatoms. The van der Waals surface area contributed by atoms with Crippen molar-refractivity contribution in [1.82, 2.24) is 4.90 Å². The largest absolute Gasteiger partial charge is 0.339 e. The number of likely N-dealkylation sites (tertiary alicyclic amines) is 1. The van der Waals surface area contributed by atoms with Crippen molar-refractivity contribution in [3.63, 3.8) is 0 Å². The molecule has 0 saturated carbocycles. The minimum absolute atomic E-state index is 0.0871. The smallest absolute Gasteiger partial charge is 0.245 e. The Kier molecular flexibility index (Phi) is 3.32. The number of rotatable bonds is 1. The molecular weight excluding hydrogens is 150 g/mol. The molecule has 2 nitrogen and oxygen atoms in total. The highest BCUT2D eigenvalue weighted by Gasteiger charge is 2.15.